The van der Waals surface area contributed by atoms with E-state index in [9.17, 15) is 9.59 Å². The van der Waals surface area contributed by atoms with Crippen LogP contribution in [0.15, 0.2) is 17.2 Å². The first-order valence-electron chi connectivity index (χ1n) is 9.64. The van der Waals surface area contributed by atoms with Crippen LogP contribution in [0, 0.1) is 26.7 Å². The maximum absolute atomic E-state index is 12.0. The van der Waals surface area contributed by atoms with Gasteiger partial charge in [0.2, 0.25) is 11.8 Å². The summed E-state index contributed by atoms with van der Waals surface area (Å²) in [6, 6.07) is 4.46. The minimum Gasteiger partial charge on any atom is -0.375 e. The van der Waals surface area contributed by atoms with Gasteiger partial charge in [-0.25, -0.2) is 0 Å². The van der Waals surface area contributed by atoms with Crippen molar-refractivity contribution in [2.24, 2.45) is 16.8 Å². The van der Waals surface area contributed by atoms with E-state index >= 15 is 0 Å². The van der Waals surface area contributed by atoms with Crippen molar-refractivity contribution in [3.8, 4) is 0 Å². The highest BCUT2D eigenvalue weighted by molar-refractivity contribution is 7.80. The fraction of sp³-hybridized carbons (Fsp3) is 0.524. The lowest BCUT2D eigenvalue weighted by Gasteiger charge is -2.48. The van der Waals surface area contributed by atoms with Gasteiger partial charge in [0.25, 0.3) is 0 Å². The summed E-state index contributed by atoms with van der Waals surface area (Å²) in [5, 5.41) is 4.42. The highest BCUT2D eigenvalue weighted by Gasteiger charge is 2.46. The number of hydrogen-bond donors (Lipinski definition) is 2. The van der Waals surface area contributed by atoms with Gasteiger partial charge in [0.05, 0.1) is 12.3 Å². The van der Waals surface area contributed by atoms with Crippen molar-refractivity contribution in [3.05, 3.63) is 34.4 Å². The molecule has 0 unspecified atom stereocenters. The Morgan fingerprint density at radius 2 is 1.75 bits per heavy atom. The number of nitrogens with zero attached hydrogens (tertiary/aromatic N) is 2. The van der Waals surface area contributed by atoms with Gasteiger partial charge in [-0.05, 0) is 67.9 Å². The van der Waals surface area contributed by atoms with Crippen LogP contribution in [-0.4, -0.2) is 34.1 Å². The SMILES string of the molecule is Cc1cc(C)c(C2(C)CC(/C(CN3C(=O)CCC3=O)=N/NC(N)=S)C2)c(C)c1. The van der Waals surface area contributed by atoms with Crippen LogP contribution in [0.2, 0.25) is 0 Å². The maximum Gasteiger partial charge on any atom is 0.230 e. The molecule has 1 saturated carbocycles. The number of thiocarbonyl (C=S) groups is 1. The molecule has 28 heavy (non-hydrogen) atoms. The van der Waals surface area contributed by atoms with Crippen molar-refractivity contribution in [2.75, 3.05) is 6.54 Å². The summed E-state index contributed by atoms with van der Waals surface area (Å²) in [5.41, 5.74) is 14.3. The van der Waals surface area contributed by atoms with Crippen LogP contribution in [0.25, 0.3) is 0 Å². The Balaban J connectivity index is 1.80. The topological polar surface area (TPSA) is 87.8 Å². The molecule has 1 aliphatic carbocycles. The second-order valence-corrected chi connectivity index (χ2v) is 8.83. The molecule has 6 nitrogen and oxygen atoms in total. The molecule has 0 bridgehead atoms. The molecule has 0 atom stereocenters. The van der Waals surface area contributed by atoms with Crippen molar-refractivity contribution in [1.29, 1.82) is 0 Å². The Bertz CT molecular complexity index is 832. The van der Waals surface area contributed by atoms with Crippen LogP contribution in [0.5, 0.6) is 0 Å². The zero-order valence-corrected chi connectivity index (χ0v) is 17.8. The molecule has 3 N–H and O–H groups in total. The lowest BCUT2D eigenvalue weighted by atomic mass is 9.57. The average Bonchev–Trinajstić information content (AvgIpc) is 2.86. The predicted octanol–water partition coefficient (Wildman–Crippen LogP) is 2.62. The highest BCUT2D eigenvalue weighted by Crippen LogP contribution is 2.50. The number of hydrazone groups is 1. The smallest absolute Gasteiger partial charge is 0.230 e. The van der Waals surface area contributed by atoms with E-state index in [4.69, 9.17) is 18.0 Å². The van der Waals surface area contributed by atoms with E-state index in [1.807, 2.05) is 0 Å². The molecule has 1 aromatic carbocycles. The molecule has 0 aromatic heterocycles. The molecule has 3 rings (SSSR count). The van der Waals surface area contributed by atoms with Gasteiger partial charge in [-0.15, -0.1) is 0 Å². The van der Waals surface area contributed by atoms with Crippen molar-refractivity contribution >= 4 is 34.9 Å². The number of carbonyl (C=O) groups is 2. The summed E-state index contributed by atoms with van der Waals surface area (Å²) >= 11 is 4.86. The van der Waals surface area contributed by atoms with Gasteiger partial charge in [0, 0.05) is 18.8 Å². The molecule has 0 spiro atoms. The van der Waals surface area contributed by atoms with E-state index in [1.165, 1.54) is 27.2 Å². The molecule has 2 aliphatic rings. The van der Waals surface area contributed by atoms with Crippen molar-refractivity contribution in [3.63, 3.8) is 0 Å². The van der Waals surface area contributed by atoms with E-state index in [1.54, 1.807) is 0 Å². The molecule has 7 heteroatoms. The number of nitrogens with one attached hydrogen (secondary N) is 1. The van der Waals surface area contributed by atoms with Crippen LogP contribution < -0.4 is 11.2 Å². The standard InChI is InChI=1S/C21H28N4O2S/c1-12-7-13(2)19(14(3)8-12)21(4)9-15(10-21)16(23-24-20(22)28)11-25-17(26)5-6-18(25)27/h7-8,15H,5-6,9-11H2,1-4H3,(H3,22,24,28)/b23-16+. The number of carbonyl (C=O) groups excluding carboxylic acids is 2. The molecular formula is C21H28N4O2S. The fourth-order valence-corrected chi connectivity index (χ4v) is 4.99. The van der Waals surface area contributed by atoms with Crippen molar-refractivity contribution < 1.29 is 9.59 Å². The van der Waals surface area contributed by atoms with E-state index in [0.717, 1.165) is 18.6 Å². The van der Waals surface area contributed by atoms with Crippen LogP contribution >= 0.6 is 12.2 Å². The van der Waals surface area contributed by atoms with E-state index in [0.29, 0.717) is 0 Å². The Kier molecular flexibility index (Phi) is 5.57. The molecule has 1 aliphatic heterocycles. The first-order chi connectivity index (χ1) is 13.1. The molecule has 1 heterocycles. The quantitative estimate of drug-likeness (QED) is 0.343. The molecule has 2 fully saturated rings. The Labute approximate surface area is 171 Å². The molecule has 2 amide bonds. The van der Waals surface area contributed by atoms with Gasteiger partial charge >= 0.3 is 0 Å². The fourth-order valence-electron chi connectivity index (χ4n) is 4.94. The van der Waals surface area contributed by atoms with Gasteiger partial charge in [-0.2, -0.15) is 5.10 Å². The van der Waals surface area contributed by atoms with Crippen LogP contribution in [0.1, 0.15) is 54.9 Å². The first kappa shape index (κ1) is 20.5. The third-order valence-electron chi connectivity index (χ3n) is 5.93. The Morgan fingerprint density at radius 1 is 1.21 bits per heavy atom. The molecule has 150 valence electrons. The summed E-state index contributed by atoms with van der Waals surface area (Å²) in [5.74, 6) is -0.103. The normalized spacial score (nSPS) is 25.1. The summed E-state index contributed by atoms with van der Waals surface area (Å²) in [6.07, 6.45) is 2.37. The van der Waals surface area contributed by atoms with Gasteiger partial charge in [0.1, 0.15) is 0 Å². The number of imide groups is 1. The van der Waals surface area contributed by atoms with Gasteiger partial charge in [-0.3, -0.25) is 19.9 Å². The summed E-state index contributed by atoms with van der Waals surface area (Å²) in [4.78, 5) is 25.4. The Hall–Kier alpha value is -2.28. The first-order valence-corrected chi connectivity index (χ1v) is 10.0. The van der Waals surface area contributed by atoms with Crippen LogP contribution in [-0.2, 0) is 15.0 Å². The Morgan fingerprint density at radius 3 is 2.25 bits per heavy atom. The van der Waals surface area contributed by atoms with Gasteiger partial charge in [-0.1, -0.05) is 24.6 Å². The average molecular weight is 401 g/mol. The number of nitrogens with two attached hydrogens (primary N) is 1. The number of benzene rings is 1. The minimum absolute atomic E-state index is 0.0511. The monoisotopic (exact) mass is 400 g/mol. The van der Waals surface area contributed by atoms with Gasteiger partial charge < -0.3 is 5.73 Å². The van der Waals surface area contributed by atoms with Crippen molar-refractivity contribution in [1.82, 2.24) is 10.3 Å². The number of rotatable bonds is 5. The molecule has 0 radical (unpaired) electrons. The van der Waals surface area contributed by atoms with Crippen LogP contribution in [0.4, 0.5) is 0 Å². The lowest BCUT2D eigenvalue weighted by Crippen LogP contribution is -2.48. The van der Waals surface area contributed by atoms with Crippen molar-refractivity contribution in [2.45, 2.75) is 58.8 Å². The molecular weight excluding hydrogens is 372 g/mol. The predicted molar refractivity (Wildman–Crippen MR) is 114 cm³/mol. The third-order valence-corrected chi connectivity index (χ3v) is 6.02. The van der Waals surface area contributed by atoms with Gasteiger partial charge in [0.15, 0.2) is 5.11 Å². The van der Waals surface area contributed by atoms with E-state index < -0.39 is 0 Å². The lowest BCUT2D eigenvalue weighted by molar-refractivity contribution is -0.137. The zero-order chi connectivity index (χ0) is 20.6. The number of amides is 2. The second kappa shape index (κ2) is 7.62. The van der Waals surface area contributed by atoms with Crippen LogP contribution in [0.3, 0.4) is 0 Å². The van der Waals surface area contributed by atoms with E-state index in [2.05, 4.69) is 50.4 Å². The highest BCUT2D eigenvalue weighted by atomic mass is 32.1. The summed E-state index contributed by atoms with van der Waals surface area (Å²) < 4.78 is 0. The second-order valence-electron chi connectivity index (χ2n) is 8.39. The largest absolute Gasteiger partial charge is 0.375 e. The minimum atomic E-state index is -0.139. The zero-order valence-electron chi connectivity index (χ0n) is 17.0. The number of likely N-dealkylation sites (tertiary alicyclic amines) is 1. The molecule has 1 aromatic rings. The third kappa shape index (κ3) is 3.94. The molecule has 1 saturated heterocycles. The maximum atomic E-state index is 12.0. The number of hydrogen-bond acceptors (Lipinski definition) is 4. The number of aryl methyl sites for hydroxylation is 3. The van der Waals surface area contributed by atoms with E-state index in [-0.39, 0.29) is 47.6 Å². The summed E-state index contributed by atoms with van der Waals surface area (Å²) in [7, 11) is 0. The summed E-state index contributed by atoms with van der Waals surface area (Å²) in [6.45, 7) is 8.93.